The van der Waals surface area contributed by atoms with Crippen molar-refractivity contribution >= 4 is 41.2 Å². The largest absolute Gasteiger partial charge is 0.344 e. The molecule has 7 heteroatoms. The Kier molecular flexibility index (Phi) is 7.54. The summed E-state index contributed by atoms with van der Waals surface area (Å²) in [5.41, 5.74) is 2.61. The van der Waals surface area contributed by atoms with Gasteiger partial charge in [-0.05, 0) is 44.2 Å². The maximum Gasteiger partial charge on any atom is 0.251 e. The number of amides is 1. The number of hydrogen-bond donors (Lipinski definition) is 1. The van der Waals surface area contributed by atoms with E-state index in [1.807, 2.05) is 26.0 Å². The number of aromatic nitrogens is 1. The Bertz CT molecular complexity index is 894. The lowest BCUT2D eigenvalue weighted by Gasteiger charge is -2.13. The fraction of sp³-hybridized carbons (Fsp3) is 0.200. The quantitative estimate of drug-likeness (QED) is 0.448. The zero-order chi connectivity index (χ0) is 19.8. The van der Waals surface area contributed by atoms with Crippen LogP contribution in [0.1, 0.15) is 35.5 Å². The van der Waals surface area contributed by atoms with Crippen LogP contribution >= 0.6 is 23.2 Å². The van der Waals surface area contributed by atoms with Crippen LogP contribution in [0.5, 0.6) is 0 Å². The Labute approximate surface area is 168 Å². The third-order valence-corrected chi connectivity index (χ3v) is 4.12. The van der Waals surface area contributed by atoms with Gasteiger partial charge in [0.15, 0.2) is 0 Å². The molecule has 1 aromatic heterocycles. The number of aliphatic imine (C=N–C) groups is 2. The lowest BCUT2D eigenvalue weighted by atomic mass is 10.1. The van der Waals surface area contributed by atoms with Gasteiger partial charge in [0, 0.05) is 33.1 Å². The molecular formula is C20H18Cl2N4O. The zero-order valence-corrected chi connectivity index (χ0v) is 16.4. The number of rotatable bonds is 6. The van der Waals surface area contributed by atoms with Crippen LogP contribution in [0.4, 0.5) is 0 Å². The Balaban J connectivity index is 1.92. The Morgan fingerprint density at radius 2 is 2.04 bits per heavy atom. The van der Waals surface area contributed by atoms with Gasteiger partial charge < -0.3 is 5.32 Å². The van der Waals surface area contributed by atoms with Crippen molar-refractivity contribution in [1.82, 2.24) is 10.3 Å². The van der Waals surface area contributed by atoms with E-state index in [9.17, 15) is 4.79 Å². The summed E-state index contributed by atoms with van der Waals surface area (Å²) in [5.74, 6) is 2.23. The van der Waals surface area contributed by atoms with Crippen molar-refractivity contribution in [2.24, 2.45) is 9.98 Å². The van der Waals surface area contributed by atoms with Crippen LogP contribution in [0.25, 0.3) is 0 Å². The predicted molar refractivity (Wildman–Crippen MR) is 111 cm³/mol. The first kappa shape index (κ1) is 20.6. The summed E-state index contributed by atoms with van der Waals surface area (Å²) >= 11 is 11.8. The van der Waals surface area contributed by atoms with Gasteiger partial charge in [-0.25, -0.2) is 4.99 Å². The van der Waals surface area contributed by atoms with E-state index in [1.165, 1.54) is 6.34 Å². The van der Waals surface area contributed by atoms with Crippen molar-refractivity contribution < 1.29 is 4.79 Å². The minimum absolute atomic E-state index is 0.281. The molecule has 27 heavy (non-hydrogen) atoms. The average Bonchev–Trinajstić information content (AvgIpc) is 2.64. The van der Waals surface area contributed by atoms with Crippen LogP contribution < -0.4 is 5.32 Å². The lowest BCUT2D eigenvalue weighted by molar-refractivity contribution is 0.0949. The number of terminal acetylenes is 1. The van der Waals surface area contributed by atoms with Crippen LogP contribution in [0, 0.1) is 12.3 Å². The van der Waals surface area contributed by atoms with E-state index in [4.69, 9.17) is 29.6 Å². The summed E-state index contributed by atoms with van der Waals surface area (Å²) in [7, 11) is 0. The summed E-state index contributed by atoms with van der Waals surface area (Å²) in [6.07, 6.45) is 8.36. The Morgan fingerprint density at radius 3 is 2.63 bits per heavy atom. The minimum atomic E-state index is -0.283. The molecule has 1 aromatic carbocycles. The molecule has 0 unspecified atom stereocenters. The van der Waals surface area contributed by atoms with Gasteiger partial charge in [0.1, 0.15) is 6.34 Å². The molecule has 1 atom stereocenters. The first-order chi connectivity index (χ1) is 12.9. The number of halogens is 2. The van der Waals surface area contributed by atoms with E-state index in [1.54, 1.807) is 24.4 Å². The monoisotopic (exact) mass is 400 g/mol. The fourth-order valence-corrected chi connectivity index (χ4v) is 2.58. The van der Waals surface area contributed by atoms with Gasteiger partial charge in [0.25, 0.3) is 5.91 Å². The normalized spacial score (nSPS) is 12.6. The molecule has 5 nitrogen and oxygen atoms in total. The van der Waals surface area contributed by atoms with Crippen LogP contribution in [-0.4, -0.2) is 29.0 Å². The highest BCUT2D eigenvalue weighted by Gasteiger charge is 2.13. The van der Waals surface area contributed by atoms with Gasteiger partial charge >= 0.3 is 0 Å². The molecule has 138 valence electrons. The van der Waals surface area contributed by atoms with Gasteiger partial charge in [-0.2, -0.15) is 0 Å². The first-order valence-corrected chi connectivity index (χ1v) is 8.85. The molecule has 0 bridgehead atoms. The minimum Gasteiger partial charge on any atom is -0.344 e. The highest BCUT2D eigenvalue weighted by molar-refractivity contribution is 6.35. The molecule has 0 aliphatic heterocycles. The summed E-state index contributed by atoms with van der Waals surface area (Å²) in [6, 6.07) is 8.04. The van der Waals surface area contributed by atoms with Crippen LogP contribution in [0.15, 0.2) is 46.5 Å². The third kappa shape index (κ3) is 6.52. The van der Waals surface area contributed by atoms with Crippen LogP contribution in [0.2, 0.25) is 10.0 Å². The van der Waals surface area contributed by atoms with Crippen LogP contribution in [-0.2, 0) is 6.54 Å². The second-order valence-electron chi connectivity index (χ2n) is 5.76. The van der Waals surface area contributed by atoms with E-state index in [2.05, 4.69) is 26.2 Å². The number of nitrogens with one attached hydrogen (secondary N) is 1. The molecule has 0 spiro atoms. The van der Waals surface area contributed by atoms with Gasteiger partial charge in [-0.1, -0.05) is 29.1 Å². The van der Waals surface area contributed by atoms with Gasteiger partial charge in [0.2, 0.25) is 0 Å². The highest BCUT2D eigenvalue weighted by Crippen LogP contribution is 2.19. The summed E-state index contributed by atoms with van der Waals surface area (Å²) < 4.78 is 0. The molecule has 2 rings (SSSR count). The summed E-state index contributed by atoms with van der Waals surface area (Å²) in [5, 5.41) is 3.65. The molecular weight excluding hydrogens is 383 g/mol. The molecule has 1 N–H and O–H groups in total. The fourth-order valence-electron chi connectivity index (χ4n) is 2.05. The molecule has 1 heterocycles. The average molecular weight is 401 g/mol. The van der Waals surface area contributed by atoms with Crippen molar-refractivity contribution in [1.29, 1.82) is 0 Å². The molecule has 0 radical (unpaired) electrons. The highest BCUT2D eigenvalue weighted by atomic mass is 35.5. The lowest BCUT2D eigenvalue weighted by Crippen LogP contribution is -2.37. The number of pyridine rings is 1. The van der Waals surface area contributed by atoms with Crippen molar-refractivity contribution in [3.63, 3.8) is 0 Å². The molecule has 1 amide bonds. The molecule has 0 fully saturated rings. The maximum atomic E-state index is 12.3. The van der Waals surface area contributed by atoms with Crippen LogP contribution in [0.3, 0.4) is 0 Å². The van der Waals surface area contributed by atoms with Crippen molar-refractivity contribution in [2.45, 2.75) is 26.4 Å². The smallest absolute Gasteiger partial charge is 0.251 e. The topological polar surface area (TPSA) is 66.7 Å². The van der Waals surface area contributed by atoms with Crippen molar-refractivity contribution in [3.05, 3.63) is 63.4 Å². The molecule has 0 saturated carbocycles. The van der Waals surface area contributed by atoms with Gasteiger partial charge in [-0.15, -0.1) is 6.42 Å². The van der Waals surface area contributed by atoms with E-state index < -0.39 is 0 Å². The van der Waals surface area contributed by atoms with Crippen molar-refractivity contribution in [2.75, 3.05) is 0 Å². The van der Waals surface area contributed by atoms with E-state index in [0.717, 1.165) is 11.3 Å². The Morgan fingerprint density at radius 1 is 1.33 bits per heavy atom. The Hall–Kier alpha value is -2.68. The summed E-state index contributed by atoms with van der Waals surface area (Å²) in [6.45, 7) is 4.03. The molecule has 0 aliphatic rings. The standard InChI is InChI=1S/C20H18Cl2N4O/c1-4-15-5-6-19(24-10-15)11-23-12-25-13(2)14(3)26-20(27)16-7-17(21)9-18(22)8-16/h1,5-10,12,14H,11H2,2-3H3,(H,26,27)/t14-/m0/s1. The number of carbonyl (C=O) groups excluding carboxylic acids is 1. The third-order valence-electron chi connectivity index (χ3n) is 3.69. The van der Waals surface area contributed by atoms with Gasteiger partial charge in [-0.3, -0.25) is 14.8 Å². The summed E-state index contributed by atoms with van der Waals surface area (Å²) in [4.78, 5) is 25.0. The number of benzene rings is 1. The maximum absolute atomic E-state index is 12.3. The predicted octanol–water partition coefficient (Wildman–Crippen LogP) is 4.18. The zero-order valence-electron chi connectivity index (χ0n) is 14.9. The number of nitrogens with zero attached hydrogens (tertiary/aromatic N) is 3. The van der Waals surface area contributed by atoms with E-state index >= 15 is 0 Å². The van der Waals surface area contributed by atoms with E-state index in [-0.39, 0.29) is 11.9 Å². The van der Waals surface area contributed by atoms with Crippen molar-refractivity contribution in [3.8, 4) is 12.3 Å². The molecule has 2 aromatic rings. The molecule has 0 saturated heterocycles. The SMILES string of the molecule is C#Cc1ccc(CN=CN=C(C)[C@H](C)NC(=O)c2cc(Cl)cc(Cl)c2)nc1. The number of carbonyl (C=O) groups is 1. The second kappa shape index (κ2) is 9.86. The second-order valence-corrected chi connectivity index (χ2v) is 6.64. The van der Waals surface area contributed by atoms with E-state index in [0.29, 0.717) is 27.9 Å². The molecule has 0 aliphatic carbocycles. The number of hydrogen-bond acceptors (Lipinski definition) is 3. The first-order valence-electron chi connectivity index (χ1n) is 8.10. The van der Waals surface area contributed by atoms with Gasteiger partial charge in [0.05, 0.1) is 18.3 Å².